The van der Waals surface area contributed by atoms with Crippen molar-refractivity contribution in [1.29, 1.82) is 0 Å². The SMILES string of the molecule is Cc1c(S(=O)(=O)N2CCN(Cc3ccc(Cl)c(Cl)c3)CC2)cnn1C. The molecule has 2 aromatic rings. The Bertz CT molecular complexity index is 874. The maximum absolute atomic E-state index is 12.8. The van der Waals surface area contributed by atoms with Crippen molar-refractivity contribution in [1.82, 2.24) is 19.0 Å². The lowest BCUT2D eigenvalue weighted by atomic mass is 10.2. The van der Waals surface area contributed by atoms with Gasteiger partial charge in [0.1, 0.15) is 4.90 Å². The third-order valence-corrected chi connectivity index (χ3v) is 7.27. The number of aromatic nitrogens is 2. The fraction of sp³-hybridized carbons (Fsp3) is 0.438. The molecule has 1 fully saturated rings. The molecule has 25 heavy (non-hydrogen) atoms. The zero-order chi connectivity index (χ0) is 18.2. The average Bonchev–Trinajstić information content (AvgIpc) is 2.91. The molecular weight excluding hydrogens is 383 g/mol. The summed E-state index contributed by atoms with van der Waals surface area (Å²) in [4.78, 5) is 2.50. The zero-order valence-corrected chi connectivity index (χ0v) is 16.4. The fourth-order valence-electron chi connectivity index (χ4n) is 2.90. The number of nitrogens with zero attached hydrogens (tertiary/aromatic N) is 4. The van der Waals surface area contributed by atoms with E-state index in [1.165, 1.54) is 10.5 Å². The summed E-state index contributed by atoms with van der Waals surface area (Å²) >= 11 is 12.0. The van der Waals surface area contributed by atoms with E-state index in [9.17, 15) is 8.42 Å². The van der Waals surface area contributed by atoms with E-state index in [-0.39, 0.29) is 4.90 Å². The minimum absolute atomic E-state index is 0.285. The highest BCUT2D eigenvalue weighted by Gasteiger charge is 2.31. The molecule has 3 rings (SSSR count). The summed E-state index contributed by atoms with van der Waals surface area (Å²) in [6.07, 6.45) is 1.42. The van der Waals surface area contributed by atoms with E-state index in [2.05, 4.69) is 10.00 Å². The van der Waals surface area contributed by atoms with Crippen LogP contribution in [0.15, 0.2) is 29.3 Å². The van der Waals surface area contributed by atoms with Gasteiger partial charge in [0.05, 0.1) is 21.9 Å². The molecule has 0 spiro atoms. The molecule has 0 saturated carbocycles. The van der Waals surface area contributed by atoms with Gasteiger partial charge in [-0.2, -0.15) is 9.40 Å². The van der Waals surface area contributed by atoms with Gasteiger partial charge >= 0.3 is 0 Å². The number of rotatable bonds is 4. The lowest BCUT2D eigenvalue weighted by Crippen LogP contribution is -2.48. The Hall–Kier alpha value is -1.12. The lowest BCUT2D eigenvalue weighted by molar-refractivity contribution is 0.181. The number of hydrogen-bond donors (Lipinski definition) is 0. The summed E-state index contributed by atoms with van der Waals surface area (Å²) < 4.78 is 28.7. The molecule has 0 N–H and O–H groups in total. The molecule has 1 aliphatic rings. The van der Waals surface area contributed by atoms with Crippen LogP contribution in [-0.4, -0.2) is 53.6 Å². The Morgan fingerprint density at radius 3 is 2.36 bits per heavy atom. The van der Waals surface area contributed by atoms with Crippen molar-refractivity contribution in [3.8, 4) is 0 Å². The summed E-state index contributed by atoms with van der Waals surface area (Å²) in [7, 11) is -1.76. The molecule has 0 amide bonds. The maximum atomic E-state index is 12.8. The van der Waals surface area contributed by atoms with Crippen LogP contribution in [0.5, 0.6) is 0 Å². The predicted octanol–water partition coefficient (Wildman–Crippen LogP) is 2.54. The molecule has 9 heteroatoms. The summed E-state index contributed by atoms with van der Waals surface area (Å²) in [5.74, 6) is 0. The average molecular weight is 403 g/mol. The van der Waals surface area contributed by atoms with Gasteiger partial charge in [0.2, 0.25) is 10.0 Å². The van der Waals surface area contributed by atoms with Crippen LogP contribution in [0.3, 0.4) is 0 Å². The van der Waals surface area contributed by atoms with Crippen molar-refractivity contribution in [2.45, 2.75) is 18.4 Å². The van der Waals surface area contributed by atoms with E-state index in [1.807, 2.05) is 12.1 Å². The number of piperazine rings is 1. The predicted molar refractivity (Wildman–Crippen MR) is 98.4 cm³/mol. The monoisotopic (exact) mass is 402 g/mol. The van der Waals surface area contributed by atoms with Gasteiger partial charge in [0.25, 0.3) is 0 Å². The maximum Gasteiger partial charge on any atom is 0.246 e. The van der Waals surface area contributed by atoms with Crippen LogP contribution >= 0.6 is 23.2 Å². The van der Waals surface area contributed by atoms with Gasteiger partial charge in [-0.05, 0) is 24.6 Å². The third kappa shape index (κ3) is 3.85. The van der Waals surface area contributed by atoms with E-state index < -0.39 is 10.0 Å². The van der Waals surface area contributed by atoms with Gasteiger partial charge in [0.15, 0.2) is 0 Å². The molecule has 1 aromatic heterocycles. The number of sulfonamides is 1. The third-order valence-electron chi connectivity index (χ3n) is 4.53. The normalized spacial score (nSPS) is 17.1. The molecule has 0 aliphatic carbocycles. The van der Waals surface area contributed by atoms with E-state index in [1.54, 1.807) is 24.7 Å². The molecule has 0 atom stereocenters. The van der Waals surface area contributed by atoms with Gasteiger partial charge in [-0.1, -0.05) is 29.3 Å². The largest absolute Gasteiger partial charge is 0.296 e. The number of aryl methyl sites for hydroxylation is 1. The topological polar surface area (TPSA) is 58.4 Å². The molecular formula is C16H20Cl2N4O2S. The first-order valence-electron chi connectivity index (χ1n) is 7.94. The smallest absolute Gasteiger partial charge is 0.246 e. The van der Waals surface area contributed by atoms with E-state index >= 15 is 0 Å². The van der Waals surface area contributed by atoms with Crippen LogP contribution in [0.1, 0.15) is 11.3 Å². The van der Waals surface area contributed by atoms with Crippen molar-refractivity contribution in [2.75, 3.05) is 26.2 Å². The highest BCUT2D eigenvalue weighted by atomic mass is 35.5. The summed E-state index contributed by atoms with van der Waals surface area (Å²) in [5.41, 5.74) is 1.71. The van der Waals surface area contributed by atoms with Crippen molar-refractivity contribution in [3.63, 3.8) is 0 Å². The molecule has 0 bridgehead atoms. The number of halogens is 2. The first kappa shape index (κ1) is 18.7. The van der Waals surface area contributed by atoms with Crippen LogP contribution in [0, 0.1) is 6.92 Å². The number of hydrogen-bond acceptors (Lipinski definition) is 4. The van der Waals surface area contributed by atoms with Crippen LogP contribution in [-0.2, 0) is 23.6 Å². The summed E-state index contributed by atoms with van der Waals surface area (Å²) in [6, 6.07) is 5.58. The van der Waals surface area contributed by atoms with Crippen LogP contribution in [0.2, 0.25) is 10.0 Å². The van der Waals surface area contributed by atoms with Gasteiger partial charge < -0.3 is 0 Å². The second kappa shape index (κ2) is 7.25. The lowest BCUT2D eigenvalue weighted by Gasteiger charge is -2.33. The Labute approximate surface area is 158 Å². The number of benzene rings is 1. The quantitative estimate of drug-likeness (QED) is 0.788. The summed E-state index contributed by atoms with van der Waals surface area (Å²) in [5, 5.41) is 5.11. The van der Waals surface area contributed by atoms with E-state index in [4.69, 9.17) is 23.2 Å². The standard InChI is InChI=1S/C16H20Cl2N4O2S/c1-12-16(10-19-20(12)2)25(23,24)22-7-5-21(6-8-22)11-13-3-4-14(17)15(18)9-13/h3-4,9-10H,5-8,11H2,1-2H3. The van der Waals surface area contributed by atoms with Crippen molar-refractivity contribution in [3.05, 3.63) is 45.7 Å². The molecule has 2 heterocycles. The van der Waals surface area contributed by atoms with Crippen LogP contribution in [0.4, 0.5) is 0 Å². The Balaban J connectivity index is 1.65. The molecule has 1 saturated heterocycles. The Morgan fingerprint density at radius 2 is 1.80 bits per heavy atom. The van der Waals surface area contributed by atoms with Crippen molar-refractivity contribution >= 4 is 33.2 Å². The Kier molecular flexibility index (Phi) is 5.41. The van der Waals surface area contributed by atoms with Gasteiger partial charge in [-0.25, -0.2) is 8.42 Å². The molecule has 0 unspecified atom stereocenters. The first-order valence-corrected chi connectivity index (χ1v) is 10.1. The van der Waals surface area contributed by atoms with E-state index in [0.717, 1.165) is 12.1 Å². The molecule has 136 valence electrons. The van der Waals surface area contributed by atoms with Crippen molar-refractivity contribution in [2.24, 2.45) is 7.05 Å². The van der Waals surface area contributed by atoms with E-state index in [0.29, 0.717) is 41.9 Å². The van der Waals surface area contributed by atoms with Crippen molar-refractivity contribution < 1.29 is 8.42 Å². The zero-order valence-electron chi connectivity index (χ0n) is 14.1. The van der Waals surface area contributed by atoms with Crippen LogP contribution < -0.4 is 0 Å². The minimum Gasteiger partial charge on any atom is -0.296 e. The Morgan fingerprint density at radius 1 is 1.12 bits per heavy atom. The summed E-state index contributed by atoms with van der Waals surface area (Å²) in [6.45, 7) is 4.73. The van der Waals surface area contributed by atoms with Gasteiger partial charge in [-0.15, -0.1) is 0 Å². The fourth-order valence-corrected chi connectivity index (χ4v) is 4.82. The molecule has 1 aromatic carbocycles. The van der Waals surface area contributed by atoms with Crippen LogP contribution in [0.25, 0.3) is 0 Å². The molecule has 1 aliphatic heterocycles. The molecule has 6 nitrogen and oxygen atoms in total. The highest BCUT2D eigenvalue weighted by Crippen LogP contribution is 2.24. The minimum atomic E-state index is -3.50. The van der Waals surface area contributed by atoms with Gasteiger partial charge in [0, 0.05) is 39.8 Å². The first-order chi connectivity index (χ1) is 11.8. The second-order valence-electron chi connectivity index (χ2n) is 6.15. The second-order valence-corrected chi connectivity index (χ2v) is 8.87. The molecule has 0 radical (unpaired) electrons. The van der Waals surface area contributed by atoms with Gasteiger partial charge in [-0.3, -0.25) is 9.58 Å². The highest BCUT2D eigenvalue weighted by molar-refractivity contribution is 7.89.